The standard InChI is InChI=1S/C18H12I.CHF3O3S/c1-2-6-13(7-3-1)14-10-11-18-16(12-14)15-8-4-5-9-17(15)19-18;2-1(3,4)8(5,6)7/h1-12H;(H,5,6,7)/q+1;/p-1. The molecule has 0 aromatic heterocycles. The smallest absolute Gasteiger partial charge is 0.485 e. The number of benzene rings is 3. The van der Waals surface area contributed by atoms with E-state index in [2.05, 4.69) is 72.8 Å². The highest BCUT2D eigenvalue weighted by Gasteiger charge is 2.37. The molecule has 3 nitrogen and oxygen atoms in total. The molecule has 0 fully saturated rings. The van der Waals surface area contributed by atoms with Crippen LogP contribution in [0.1, 0.15) is 0 Å². The number of fused-ring (bicyclic) bond motifs is 3. The molecule has 1 aliphatic heterocycles. The summed E-state index contributed by atoms with van der Waals surface area (Å²) in [5, 5.41) is 0. The predicted molar refractivity (Wildman–Crippen MR) is 90.5 cm³/mol. The minimum Gasteiger partial charge on any atom is -0.741 e. The first-order valence-corrected chi connectivity index (χ1v) is 11.2. The number of hydrogen-bond acceptors (Lipinski definition) is 3. The van der Waals surface area contributed by atoms with Gasteiger partial charge >= 0.3 is 26.7 Å². The molecule has 0 radical (unpaired) electrons. The summed E-state index contributed by atoms with van der Waals surface area (Å²) in [6.45, 7) is 0. The summed E-state index contributed by atoms with van der Waals surface area (Å²) in [6, 6.07) is 26.4. The lowest BCUT2D eigenvalue weighted by atomic mass is 9.99. The van der Waals surface area contributed by atoms with Crippen LogP contribution in [0.25, 0.3) is 22.3 Å². The molecule has 0 atom stereocenters. The molecule has 140 valence electrons. The Bertz CT molecular complexity index is 1070. The van der Waals surface area contributed by atoms with Gasteiger partial charge in [-0.2, -0.15) is 13.2 Å². The van der Waals surface area contributed by atoms with Crippen molar-refractivity contribution in [1.29, 1.82) is 0 Å². The first-order valence-electron chi connectivity index (χ1n) is 7.63. The van der Waals surface area contributed by atoms with E-state index >= 15 is 0 Å². The summed E-state index contributed by atoms with van der Waals surface area (Å²) in [5.41, 5.74) is -0.131. The van der Waals surface area contributed by atoms with E-state index < -0.39 is 15.6 Å². The second kappa shape index (κ2) is 7.61. The molecular weight excluding hydrogens is 492 g/mol. The minimum absolute atomic E-state index is 0.0199. The van der Waals surface area contributed by atoms with Crippen LogP contribution in [0, 0.1) is 7.14 Å². The minimum atomic E-state index is -6.09. The summed E-state index contributed by atoms with van der Waals surface area (Å²) in [6.07, 6.45) is 0. The van der Waals surface area contributed by atoms with Crippen molar-refractivity contribution in [3.8, 4) is 22.3 Å². The van der Waals surface area contributed by atoms with Gasteiger partial charge in [-0.3, -0.25) is 0 Å². The number of halogens is 4. The van der Waals surface area contributed by atoms with Crippen molar-refractivity contribution in [3.05, 3.63) is 79.9 Å². The Morgan fingerprint density at radius 2 is 1.30 bits per heavy atom. The highest BCUT2D eigenvalue weighted by atomic mass is 127. The van der Waals surface area contributed by atoms with E-state index in [0.717, 1.165) is 0 Å². The lowest BCUT2D eigenvalue weighted by molar-refractivity contribution is -0.589. The van der Waals surface area contributed by atoms with Crippen molar-refractivity contribution < 1.29 is 47.3 Å². The fourth-order valence-corrected chi connectivity index (χ4v) is 5.37. The maximum absolute atomic E-state index is 10.7. The molecule has 0 amide bonds. The fourth-order valence-electron chi connectivity index (χ4n) is 2.50. The Morgan fingerprint density at radius 3 is 1.93 bits per heavy atom. The normalized spacial score (nSPS) is 12.6. The van der Waals surface area contributed by atoms with Gasteiger partial charge in [-0.25, -0.2) is 8.42 Å². The van der Waals surface area contributed by atoms with Crippen molar-refractivity contribution in [2.45, 2.75) is 5.51 Å². The van der Waals surface area contributed by atoms with Gasteiger partial charge in [0.05, 0.1) is 0 Å². The predicted octanol–water partition coefficient (Wildman–Crippen LogP) is 1.51. The first kappa shape index (κ1) is 19.8. The van der Waals surface area contributed by atoms with Crippen LogP contribution in [0.5, 0.6) is 0 Å². The molecule has 0 bridgehead atoms. The number of hydrogen-bond donors (Lipinski definition) is 0. The monoisotopic (exact) mass is 504 g/mol. The number of alkyl halides is 3. The van der Waals surface area contributed by atoms with Crippen LogP contribution >= 0.6 is 0 Å². The maximum atomic E-state index is 10.7. The second-order valence-electron chi connectivity index (χ2n) is 5.53. The summed E-state index contributed by atoms with van der Waals surface area (Å²) in [5.74, 6) is 0. The van der Waals surface area contributed by atoms with Gasteiger partial charge in [0.15, 0.2) is 10.1 Å². The molecule has 3 aromatic rings. The lowest BCUT2D eigenvalue weighted by Gasteiger charge is -2.08. The molecule has 3 aromatic carbocycles. The van der Waals surface area contributed by atoms with E-state index in [0.29, 0.717) is 0 Å². The van der Waals surface area contributed by atoms with Gasteiger partial charge in [-0.05, 0) is 41.5 Å². The Morgan fingerprint density at radius 1 is 0.741 bits per heavy atom. The van der Waals surface area contributed by atoms with Crippen LogP contribution in [0.2, 0.25) is 0 Å². The van der Waals surface area contributed by atoms with Gasteiger partial charge in [0.1, 0.15) is 0 Å². The summed E-state index contributed by atoms with van der Waals surface area (Å²) in [7, 11) is -6.09. The van der Waals surface area contributed by atoms with Crippen molar-refractivity contribution in [1.82, 2.24) is 0 Å². The molecular formula is C19H12F3IO3S. The van der Waals surface area contributed by atoms with E-state index in [1.165, 1.54) is 22.3 Å². The zero-order valence-corrected chi connectivity index (χ0v) is 16.5. The molecule has 4 rings (SSSR count). The Hall–Kier alpha value is -1.91. The summed E-state index contributed by atoms with van der Waals surface area (Å²) >= 11 is 0.0199. The van der Waals surface area contributed by atoms with E-state index in [1.54, 1.807) is 7.14 Å². The number of rotatable bonds is 1. The molecule has 27 heavy (non-hydrogen) atoms. The maximum Gasteiger partial charge on any atom is 0.485 e. The average molecular weight is 504 g/mol. The van der Waals surface area contributed by atoms with Gasteiger partial charge in [0.2, 0.25) is 7.14 Å². The summed E-state index contributed by atoms with van der Waals surface area (Å²) < 4.78 is 62.0. The van der Waals surface area contributed by atoms with Gasteiger partial charge in [-0.1, -0.05) is 42.5 Å². The van der Waals surface area contributed by atoms with Crippen LogP contribution in [0.3, 0.4) is 0 Å². The lowest BCUT2D eigenvalue weighted by Crippen LogP contribution is -3.61. The van der Waals surface area contributed by atoms with Gasteiger partial charge < -0.3 is 4.55 Å². The topological polar surface area (TPSA) is 57.2 Å². The van der Waals surface area contributed by atoms with Crippen LogP contribution in [0.15, 0.2) is 72.8 Å². The molecule has 1 aliphatic rings. The highest BCUT2D eigenvalue weighted by Crippen LogP contribution is 2.28. The zero-order valence-electron chi connectivity index (χ0n) is 13.6. The van der Waals surface area contributed by atoms with Crippen molar-refractivity contribution in [3.63, 3.8) is 0 Å². The Balaban J connectivity index is 0.000000226. The molecule has 0 saturated carbocycles. The van der Waals surface area contributed by atoms with Crippen LogP contribution in [-0.2, 0) is 10.1 Å². The van der Waals surface area contributed by atoms with Gasteiger partial charge in [0.25, 0.3) is 0 Å². The van der Waals surface area contributed by atoms with E-state index in [9.17, 15) is 13.2 Å². The first-order chi connectivity index (χ1) is 12.7. The van der Waals surface area contributed by atoms with E-state index in [-0.39, 0.29) is 21.2 Å². The molecule has 0 saturated heterocycles. The molecule has 0 unspecified atom stereocenters. The molecule has 1 heterocycles. The molecule has 0 aliphatic carbocycles. The van der Waals surface area contributed by atoms with Crippen LogP contribution < -0.4 is 21.2 Å². The molecule has 8 heteroatoms. The van der Waals surface area contributed by atoms with Crippen LogP contribution in [0.4, 0.5) is 13.2 Å². The fraction of sp³-hybridized carbons (Fsp3) is 0.0526. The third-order valence-corrected chi connectivity index (χ3v) is 7.34. The largest absolute Gasteiger partial charge is 0.741 e. The Kier molecular flexibility index (Phi) is 5.59. The quantitative estimate of drug-likeness (QED) is 0.225. The average Bonchev–Trinajstić information content (AvgIpc) is 2.99. The van der Waals surface area contributed by atoms with E-state index in [4.69, 9.17) is 13.0 Å². The van der Waals surface area contributed by atoms with Gasteiger partial charge in [-0.15, -0.1) is 0 Å². The van der Waals surface area contributed by atoms with Crippen molar-refractivity contribution in [2.24, 2.45) is 0 Å². The van der Waals surface area contributed by atoms with Crippen molar-refractivity contribution >= 4 is 10.1 Å². The molecule has 0 spiro atoms. The van der Waals surface area contributed by atoms with Crippen molar-refractivity contribution in [2.75, 3.05) is 0 Å². The zero-order chi connectivity index (χ0) is 19.7. The molecule has 0 N–H and O–H groups in total. The van der Waals surface area contributed by atoms with E-state index in [1.807, 2.05) is 0 Å². The third-order valence-electron chi connectivity index (χ3n) is 3.72. The van der Waals surface area contributed by atoms with Crippen LogP contribution in [-0.4, -0.2) is 18.5 Å². The SMILES string of the molecule is O=S(=O)([O-])C(F)(F)F.c1ccc(-c2ccc3c(c2)-c2ccccc2[I+]3)cc1. The highest BCUT2D eigenvalue weighted by molar-refractivity contribution is 7.86. The third kappa shape index (κ3) is 4.50. The van der Waals surface area contributed by atoms with Gasteiger partial charge in [0, 0.05) is 11.1 Å². The Labute approximate surface area is 164 Å². The second-order valence-corrected chi connectivity index (χ2v) is 9.77. The summed E-state index contributed by atoms with van der Waals surface area (Å²) in [4.78, 5) is 0.